The molecule has 0 bridgehead atoms. The number of carbonyl (C=O) groups excluding carboxylic acids is 1. The van der Waals surface area contributed by atoms with E-state index in [1.54, 1.807) is 6.08 Å². The summed E-state index contributed by atoms with van der Waals surface area (Å²) in [5.74, 6) is -1.28. The minimum atomic E-state index is -1.10. The average molecular weight is 298 g/mol. The van der Waals surface area contributed by atoms with Gasteiger partial charge in [0.15, 0.2) is 0 Å². The zero-order valence-electron chi connectivity index (χ0n) is 10.9. The van der Waals surface area contributed by atoms with Crippen LogP contribution < -0.4 is 5.32 Å². The normalized spacial score (nSPS) is 10.1. The van der Waals surface area contributed by atoms with Crippen LogP contribution in [0.3, 0.4) is 0 Å². The number of hydrogen-bond donors (Lipinski definition) is 2. The average Bonchev–Trinajstić information content (AvgIpc) is 2.38. The summed E-state index contributed by atoms with van der Waals surface area (Å²) in [6, 6.07) is 4.27. The van der Waals surface area contributed by atoms with Gasteiger partial charge in [-0.05, 0) is 24.6 Å². The summed E-state index contributed by atoms with van der Waals surface area (Å²) in [6.45, 7) is 4.47. The smallest absolute Gasteiger partial charge is 0.337 e. The number of nitrogens with one attached hydrogen (secondary N) is 1. The molecule has 0 heterocycles. The van der Waals surface area contributed by atoms with Crippen LogP contribution in [0, 0.1) is 0 Å². The largest absolute Gasteiger partial charge is 0.478 e. The van der Waals surface area contributed by atoms with Gasteiger partial charge >= 0.3 is 5.97 Å². The summed E-state index contributed by atoms with van der Waals surface area (Å²) < 4.78 is 5.16. The molecule has 1 rings (SSSR count). The fourth-order valence-electron chi connectivity index (χ4n) is 1.49. The van der Waals surface area contributed by atoms with E-state index in [0.717, 1.165) is 0 Å². The van der Waals surface area contributed by atoms with E-state index in [9.17, 15) is 9.59 Å². The SMILES string of the molecule is C=CCOCCCC(=O)Nc1ccc(C(=O)O)c(Cl)c1. The molecule has 0 aliphatic carbocycles. The number of carbonyl (C=O) groups is 2. The molecular weight excluding hydrogens is 282 g/mol. The summed E-state index contributed by atoms with van der Waals surface area (Å²) in [4.78, 5) is 22.4. The fourth-order valence-corrected chi connectivity index (χ4v) is 1.75. The third-order valence-electron chi connectivity index (χ3n) is 2.41. The molecule has 1 aromatic rings. The Kier molecular flexibility index (Phi) is 6.76. The zero-order valence-corrected chi connectivity index (χ0v) is 11.7. The minimum Gasteiger partial charge on any atom is -0.478 e. The van der Waals surface area contributed by atoms with Crippen LogP contribution in [-0.2, 0) is 9.53 Å². The first kappa shape index (κ1) is 16.2. The first-order chi connectivity index (χ1) is 9.54. The minimum absolute atomic E-state index is 0.00231. The Morgan fingerprint density at radius 3 is 2.80 bits per heavy atom. The molecule has 0 aliphatic rings. The first-order valence-corrected chi connectivity index (χ1v) is 6.43. The van der Waals surface area contributed by atoms with Gasteiger partial charge in [0.25, 0.3) is 0 Å². The van der Waals surface area contributed by atoms with E-state index in [1.165, 1.54) is 18.2 Å². The molecule has 6 heteroatoms. The number of carboxylic acids is 1. The summed E-state index contributed by atoms with van der Waals surface area (Å²) in [5.41, 5.74) is 0.472. The van der Waals surface area contributed by atoms with Crippen molar-refractivity contribution < 1.29 is 19.4 Å². The van der Waals surface area contributed by atoms with Gasteiger partial charge in [-0.1, -0.05) is 17.7 Å². The molecule has 5 nitrogen and oxygen atoms in total. The number of hydrogen-bond acceptors (Lipinski definition) is 3. The van der Waals surface area contributed by atoms with Gasteiger partial charge in [-0.2, -0.15) is 0 Å². The Balaban J connectivity index is 2.44. The predicted octanol–water partition coefficient (Wildman–Crippen LogP) is 2.96. The quantitative estimate of drug-likeness (QED) is 0.571. The number of halogens is 1. The van der Waals surface area contributed by atoms with Crippen molar-refractivity contribution in [3.63, 3.8) is 0 Å². The summed E-state index contributed by atoms with van der Waals surface area (Å²) in [7, 11) is 0. The van der Waals surface area contributed by atoms with Gasteiger partial charge in [-0.15, -0.1) is 6.58 Å². The maximum absolute atomic E-state index is 11.6. The van der Waals surface area contributed by atoms with E-state index in [0.29, 0.717) is 31.7 Å². The number of benzene rings is 1. The number of ether oxygens (including phenoxy) is 1. The van der Waals surface area contributed by atoms with Gasteiger partial charge < -0.3 is 15.2 Å². The molecule has 0 unspecified atom stereocenters. The molecule has 0 atom stereocenters. The maximum atomic E-state index is 11.6. The van der Waals surface area contributed by atoms with Gasteiger partial charge in [0.1, 0.15) is 0 Å². The van der Waals surface area contributed by atoms with Crippen molar-refractivity contribution in [2.24, 2.45) is 0 Å². The molecular formula is C14H16ClNO4. The van der Waals surface area contributed by atoms with Gasteiger partial charge in [0.05, 0.1) is 17.2 Å². The second-order valence-corrected chi connectivity index (χ2v) is 4.42. The molecule has 20 heavy (non-hydrogen) atoms. The van der Waals surface area contributed by atoms with Gasteiger partial charge in [-0.25, -0.2) is 4.79 Å². The van der Waals surface area contributed by atoms with Crippen molar-refractivity contribution in [3.8, 4) is 0 Å². The van der Waals surface area contributed by atoms with E-state index in [4.69, 9.17) is 21.4 Å². The number of aromatic carboxylic acids is 1. The lowest BCUT2D eigenvalue weighted by molar-refractivity contribution is -0.116. The van der Waals surface area contributed by atoms with Crippen molar-refractivity contribution in [1.29, 1.82) is 0 Å². The van der Waals surface area contributed by atoms with Crippen molar-refractivity contribution in [1.82, 2.24) is 0 Å². The van der Waals surface area contributed by atoms with Gasteiger partial charge in [0.2, 0.25) is 5.91 Å². The van der Waals surface area contributed by atoms with Crippen LogP contribution in [0.5, 0.6) is 0 Å². The lowest BCUT2D eigenvalue weighted by Gasteiger charge is -2.07. The third-order valence-corrected chi connectivity index (χ3v) is 2.72. The van der Waals surface area contributed by atoms with Crippen molar-refractivity contribution in [3.05, 3.63) is 41.4 Å². The molecule has 108 valence electrons. The highest BCUT2D eigenvalue weighted by atomic mass is 35.5. The predicted molar refractivity (Wildman–Crippen MR) is 77.3 cm³/mol. The van der Waals surface area contributed by atoms with Crippen LogP contribution in [0.2, 0.25) is 5.02 Å². The molecule has 2 N–H and O–H groups in total. The van der Waals surface area contributed by atoms with Crippen molar-refractivity contribution >= 4 is 29.2 Å². The van der Waals surface area contributed by atoms with Crippen LogP contribution in [0.25, 0.3) is 0 Å². The summed E-state index contributed by atoms with van der Waals surface area (Å²) in [6.07, 6.45) is 2.56. The summed E-state index contributed by atoms with van der Waals surface area (Å²) in [5, 5.41) is 11.6. The Bertz CT molecular complexity index is 502. The molecule has 0 fully saturated rings. The number of amides is 1. The molecule has 1 amide bonds. The first-order valence-electron chi connectivity index (χ1n) is 6.06. The van der Waals surface area contributed by atoms with Gasteiger partial charge in [0, 0.05) is 18.7 Å². The fraction of sp³-hybridized carbons (Fsp3) is 0.286. The van der Waals surface area contributed by atoms with E-state index in [2.05, 4.69) is 11.9 Å². The number of anilines is 1. The van der Waals surface area contributed by atoms with Gasteiger partial charge in [-0.3, -0.25) is 4.79 Å². The Labute approximate surface area is 122 Å². The molecule has 0 spiro atoms. The van der Waals surface area contributed by atoms with Crippen LogP contribution in [0.4, 0.5) is 5.69 Å². The topological polar surface area (TPSA) is 75.6 Å². The van der Waals surface area contributed by atoms with E-state index < -0.39 is 5.97 Å². The van der Waals surface area contributed by atoms with E-state index in [-0.39, 0.29) is 16.5 Å². The van der Waals surface area contributed by atoms with Crippen LogP contribution >= 0.6 is 11.6 Å². The zero-order chi connectivity index (χ0) is 15.0. The Morgan fingerprint density at radius 2 is 2.20 bits per heavy atom. The monoisotopic (exact) mass is 297 g/mol. The number of rotatable bonds is 8. The standard InChI is InChI=1S/C14H16ClNO4/c1-2-7-20-8-3-4-13(17)16-10-5-6-11(14(18)19)12(15)9-10/h2,5-6,9H,1,3-4,7-8H2,(H,16,17)(H,18,19). The maximum Gasteiger partial charge on any atom is 0.337 e. The van der Waals surface area contributed by atoms with Crippen molar-refractivity contribution in [2.75, 3.05) is 18.5 Å². The van der Waals surface area contributed by atoms with Crippen molar-refractivity contribution in [2.45, 2.75) is 12.8 Å². The second kappa shape index (κ2) is 8.35. The number of carboxylic acid groups (broad SMARTS) is 1. The van der Waals surface area contributed by atoms with E-state index >= 15 is 0 Å². The molecule has 0 saturated carbocycles. The Morgan fingerprint density at radius 1 is 1.45 bits per heavy atom. The molecule has 0 saturated heterocycles. The lowest BCUT2D eigenvalue weighted by Crippen LogP contribution is -2.12. The van der Waals surface area contributed by atoms with Crippen LogP contribution in [0.1, 0.15) is 23.2 Å². The summed E-state index contributed by atoms with van der Waals surface area (Å²) >= 11 is 5.81. The molecule has 0 aromatic heterocycles. The lowest BCUT2D eigenvalue weighted by atomic mass is 10.2. The molecule has 1 aromatic carbocycles. The highest BCUT2D eigenvalue weighted by Crippen LogP contribution is 2.21. The second-order valence-electron chi connectivity index (χ2n) is 4.02. The van der Waals surface area contributed by atoms with E-state index in [1.807, 2.05) is 0 Å². The van der Waals surface area contributed by atoms with Crippen LogP contribution in [0.15, 0.2) is 30.9 Å². The highest BCUT2D eigenvalue weighted by molar-refractivity contribution is 6.33. The Hall–Kier alpha value is -1.85. The molecule has 0 aliphatic heterocycles. The molecule has 0 radical (unpaired) electrons. The third kappa shape index (κ3) is 5.42. The van der Waals surface area contributed by atoms with Crippen LogP contribution in [-0.4, -0.2) is 30.2 Å². The highest BCUT2D eigenvalue weighted by Gasteiger charge is 2.10.